The van der Waals surface area contributed by atoms with Crippen LogP contribution in [0.1, 0.15) is 20.7 Å². The molecule has 0 saturated heterocycles. The third kappa shape index (κ3) is 5.77. The van der Waals surface area contributed by atoms with Gasteiger partial charge in [-0.3, -0.25) is 19.0 Å². The molecular formula is C30H22N4O8. The molecule has 2 heterocycles. The van der Waals surface area contributed by atoms with Crippen LogP contribution in [0.4, 0.5) is 0 Å². The van der Waals surface area contributed by atoms with Crippen molar-refractivity contribution in [2.45, 2.75) is 13.1 Å². The van der Waals surface area contributed by atoms with E-state index in [0.29, 0.717) is 45.0 Å². The summed E-state index contributed by atoms with van der Waals surface area (Å²) in [5, 5.41) is 46.0. The maximum Gasteiger partial charge on any atom is 0.335 e. The van der Waals surface area contributed by atoms with Crippen LogP contribution in [0.3, 0.4) is 0 Å². The predicted molar refractivity (Wildman–Crippen MR) is 149 cm³/mol. The van der Waals surface area contributed by atoms with Crippen molar-refractivity contribution in [1.82, 2.24) is 19.6 Å². The highest BCUT2D eigenvalue weighted by Gasteiger charge is 2.17. The predicted octanol–water partition coefficient (Wildman–Crippen LogP) is 4.31. The Labute approximate surface area is 237 Å². The van der Waals surface area contributed by atoms with Crippen LogP contribution in [-0.2, 0) is 22.7 Å². The largest absolute Gasteiger partial charge is 0.480 e. The summed E-state index contributed by atoms with van der Waals surface area (Å²) in [6, 6.07) is 22.6. The third-order valence-electron chi connectivity index (χ3n) is 6.46. The summed E-state index contributed by atoms with van der Waals surface area (Å²) in [6.45, 7) is -0.806. The first-order chi connectivity index (χ1) is 20.1. The van der Waals surface area contributed by atoms with Gasteiger partial charge in [0.25, 0.3) is 0 Å². The van der Waals surface area contributed by atoms with E-state index >= 15 is 0 Å². The van der Waals surface area contributed by atoms with E-state index in [0.717, 1.165) is 0 Å². The SMILES string of the molecule is O=C(O)Cn1nc(-c2ccc(C(=O)O)cc2)cc1-c1ccc(-c2cc(-c3ccc(C(=O)O)cc3)nn2CC(=O)O)cc1. The highest BCUT2D eigenvalue weighted by atomic mass is 16.4. The number of aromatic carboxylic acids is 2. The lowest BCUT2D eigenvalue weighted by molar-refractivity contribution is -0.138. The molecule has 42 heavy (non-hydrogen) atoms. The Morgan fingerprint density at radius 1 is 0.500 bits per heavy atom. The van der Waals surface area contributed by atoms with Crippen LogP contribution in [-0.4, -0.2) is 63.9 Å². The summed E-state index contributed by atoms with van der Waals surface area (Å²) >= 11 is 0. The first-order valence-corrected chi connectivity index (χ1v) is 12.5. The van der Waals surface area contributed by atoms with Gasteiger partial charge in [-0.25, -0.2) is 9.59 Å². The van der Waals surface area contributed by atoms with Gasteiger partial charge in [-0.2, -0.15) is 10.2 Å². The number of carbonyl (C=O) groups is 4. The molecule has 12 heteroatoms. The van der Waals surface area contributed by atoms with Crippen molar-refractivity contribution in [3.05, 3.63) is 96.1 Å². The van der Waals surface area contributed by atoms with Gasteiger partial charge in [0.1, 0.15) is 13.1 Å². The summed E-state index contributed by atoms with van der Waals surface area (Å²) in [7, 11) is 0. The molecule has 0 aliphatic heterocycles. The number of hydrogen-bond acceptors (Lipinski definition) is 6. The lowest BCUT2D eigenvalue weighted by Gasteiger charge is -2.08. The van der Waals surface area contributed by atoms with Crippen molar-refractivity contribution in [1.29, 1.82) is 0 Å². The number of aromatic nitrogens is 4. The molecule has 0 spiro atoms. The molecule has 0 amide bonds. The fourth-order valence-electron chi connectivity index (χ4n) is 4.46. The smallest absolute Gasteiger partial charge is 0.335 e. The second-order valence-electron chi connectivity index (χ2n) is 9.27. The molecule has 0 aliphatic rings. The van der Waals surface area contributed by atoms with Gasteiger partial charge in [0.15, 0.2) is 0 Å². The van der Waals surface area contributed by atoms with Crippen LogP contribution in [0, 0.1) is 0 Å². The number of aliphatic carboxylic acids is 2. The van der Waals surface area contributed by atoms with Gasteiger partial charge in [0.05, 0.1) is 33.9 Å². The average Bonchev–Trinajstić information content (AvgIpc) is 3.57. The van der Waals surface area contributed by atoms with Crippen LogP contribution >= 0.6 is 0 Å². The fourth-order valence-corrected chi connectivity index (χ4v) is 4.46. The summed E-state index contributed by atoms with van der Waals surface area (Å²) in [5.41, 5.74) is 4.70. The molecule has 210 valence electrons. The van der Waals surface area contributed by atoms with Crippen LogP contribution in [0.5, 0.6) is 0 Å². The lowest BCUT2D eigenvalue weighted by Crippen LogP contribution is -2.11. The molecule has 12 nitrogen and oxygen atoms in total. The van der Waals surface area contributed by atoms with Crippen molar-refractivity contribution < 1.29 is 39.6 Å². The highest BCUT2D eigenvalue weighted by molar-refractivity contribution is 5.89. The summed E-state index contributed by atoms with van der Waals surface area (Å²) in [4.78, 5) is 45.5. The first kappa shape index (κ1) is 27.5. The third-order valence-corrected chi connectivity index (χ3v) is 6.46. The molecule has 0 unspecified atom stereocenters. The number of benzene rings is 3. The zero-order valence-electron chi connectivity index (χ0n) is 21.7. The van der Waals surface area contributed by atoms with E-state index in [2.05, 4.69) is 10.2 Å². The minimum atomic E-state index is -1.09. The second-order valence-corrected chi connectivity index (χ2v) is 9.27. The van der Waals surface area contributed by atoms with E-state index in [1.54, 1.807) is 60.7 Å². The van der Waals surface area contributed by atoms with Crippen LogP contribution < -0.4 is 0 Å². The molecule has 3 aromatic carbocycles. The normalized spacial score (nSPS) is 10.9. The van der Waals surface area contributed by atoms with E-state index in [1.165, 1.54) is 33.6 Å². The molecule has 0 bridgehead atoms. The number of nitrogens with zero attached hydrogens (tertiary/aromatic N) is 4. The zero-order valence-corrected chi connectivity index (χ0v) is 21.7. The lowest BCUT2D eigenvalue weighted by atomic mass is 10.0. The van der Waals surface area contributed by atoms with E-state index in [9.17, 15) is 29.4 Å². The van der Waals surface area contributed by atoms with Gasteiger partial charge in [-0.1, -0.05) is 48.5 Å². The average molecular weight is 567 g/mol. The van der Waals surface area contributed by atoms with Crippen LogP contribution in [0.15, 0.2) is 84.9 Å². The molecule has 0 aliphatic carbocycles. The van der Waals surface area contributed by atoms with E-state index in [-0.39, 0.29) is 11.1 Å². The van der Waals surface area contributed by atoms with Crippen molar-refractivity contribution in [3.8, 4) is 45.0 Å². The van der Waals surface area contributed by atoms with E-state index in [1.807, 2.05) is 0 Å². The Morgan fingerprint density at radius 3 is 1.10 bits per heavy atom. The standard InChI is InChI=1S/C30H22N4O8/c35-27(36)15-33-25(13-23(31-33)17-1-9-21(10-2-17)29(39)40)19-5-7-20(8-6-19)26-14-24(32-34(26)16-28(37)38)18-3-11-22(12-4-18)30(41)42/h1-14H,15-16H2,(H,35,36)(H,37,38)(H,39,40)(H,41,42). The van der Waals surface area contributed by atoms with Crippen LogP contribution in [0.2, 0.25) is 0 Å². The molecule has 0 fully saturated rings. The van der Waals surface area contributed by atoms with Gasteiger partial charge in [-0.15, -0.1) is 0 Å². The topological polar surface area (TPSA) is 185 Å². The zero-order chi connectivity index (χ0) is 30.0. The maximum absolute atomic E-state index is 11.5. The molecule has 2 aromatic heterocycles. The molecular weight excluding hydrogens is 544 g/mol. The monoisotopic (exact) mass is 566 g/mol. The quantitative estimate of drug-likeness (QED) is 0.190. The van der Waals surface area contributed by atoms with Crippen molar-refractivity contribution in [2.24, 2.45) is 0 Å². The van der Waals surface area contributed by atoms with Crippen molar-refractivity contribution >= 4 is 23.9 Å². The van der Waals surface area contributed by atoms with E-state index < -0.39 is 37.0 Å². The minimum absolute atomic E-state index is 0.113. The Kier molecular flexibility index (Phi) is 7.35. The molecule has 0 saturated carbocycles. The highest BCUT2D eigenvalue weighted by Crippen LogP contribution is 2.31. The second kappa shape index (κ2) is 11.2. The summed E-state index contributed by atoms with van der Waals surface area (Å²) in [6.07, 6.45) is 0. The number of rotatable bonds is 10. The summed E-state index contributed by atoms with van der Waals surface area (Å²) in [5.74, 6) is -4.31. The van der Waals surface area contributed by atoms with Gasteiger partial charge in [-0.05, 0) is 47.5 Å². The molecule has 5 rings (SSSR count). The Bertz CT molecular complexity index is 1680. The molecule has 0 atom stereocenters. The Balaban J connectivity index is 1.50. The first-order valence-electron chi connectivity index (χ1n) is 12.5. The van der Waals surface area contributed by atoms with Crippen molar-refractivity contribution in [2.75, 3.05) is 0 Å². The Morgan fingerprint density at radius 2 is 0.810 bits per heavy atom. The fraction of sp³-hybridized carbons (Fsp3) is 0.0667. The maximum atomic E-state index is 11.5. The van der Waals surface area contributed by atoms with Gasteiger partial charge in [0, 0.05) is 11.1 Å². The summed E-state index contributed by atoms with van der Waals surface area (Å²) < 4.78 is 2.68. The molecule has 4 N–H and O–H groups in total. The molecule has 5 aromatic rings. The van der Waals surface area contributed by atoms with E-state index in [4.69, 9.17) is 10.2 Å². The van der Waals surface area contributed by atoms with Gasteiger partial charge in [0.2, 0.25) is 0 Å². The minimum Gasteiger partial charge on any atom is -0.480 e. The molecule has 0 radical (unpaired) electrons. The Hall–Kier alpha value is -6.04. The van der Waals surface area contributed by atoms with Crippen molar-refractivity contribution in [3.63, 3.8) is 0 Å². The van der Waals surface area contributed by atoms with Crippen LogP contribution in [0.25, 0.3) is 45.0 Å². The number of hydrogen-bond donors (Lipinski definition) is 4. The number of carboxylic acid groups (broad SMARTS) is 4. The number of carboxylic acids is 4. The van der Waals surface area contributed by atoms with Gasteiger partial charge < -0.3 is 20.4 Å². The van der Waals surface area contributed by atoms with Gasteiger partial charge >= 0.3 is 23.9 Å².